The number of carbonyl (C=O) groups is 1. The minimum Gasteiger partial charge on any atom is -0.493 e. The van der Waals surface area contributed by atoms with Gasteiger partial charge in [0.2, 0.25) is 5.91 Å². The van der Waals surface area contributed by atoms with E-state index in [-0.39, 0.29) is 18.0 Å². The lowest BCUT2D eigenvalue weighted by Gasteiger charge is -2.12. The van der Waals surface area contributed by atoms with Crippen LogP contribution >= 0.6 is 0 Å². The number of benzene rings is 2. The number of rotatable bonds is 6. The summed E-state index contributed by atoms with van der Waals surface area (Å²) in [6.45, 7) is 0. The van der Waals surface area contributed by atoms with Gasteiger partial charge in [0.05, 0.1) is 19.9 Å². The number of ether oxygens (including phenoxy) is 2. The average molecular weight is 321 g/mol. The van der Waals surface area contributed by atoms with E-state index >= 15 is 0 Å². The summed E-state index contributed by atoms with van der Waals surface area (Å²) in [7, 11) is 3.06. The van der Waals surface area contributed by atoms with Gasteiger partial charge in [-0.15, -0.1) is 0 Å². The summed E-state index contributed by atoms with van der Waals surface area (Å²) >= 11 is 0. The van der Waals surface area contributed by atoms with Crippen LogP contribution in [0.1, 0.15) is 12.0 Å². The molecule has 0 saturated heterocycles. The molecule has 1 N–H and O–H groups in total. The Hall–Kier alpha value is -2.63. The number of hydrogen-bond acceptors (Lipinski definition) is 3. The van der Waals surface area contributed by atoms with E-state index in [1.165, 1.54) is 20.3 Å². The van der Waals surface area contributed by atoms with Crippen molar-refractivity contribution in [1.82, 2.24) is 0 Å². The first-order valence-corrected chi connectivity index (χ1v) is 7.00. The predicted octanol–water partition coefficient (Wildman–Crippen LogP) is 3.55. The third kappa shape index (κ3) is 4.18. The van der Waals surface area contributed by atoms with Gasteiger partial charge in [-0.1, -0.05) is 12.1 Å². The maximum atomic E-state index is 13.5. The van der Waals surface area contributed by atoms with Crippen LogP contribution in [0.5, 0.6) is 11.5 Å². The highest BCUT2D eigenvalue weighted by Gasteiger charge is 2.12. The Morgan fingerprint density at radius 2 is 1.91 bits per heavy atom. The first kappa shape index (κ1) is 16.7. The molecule has 0 atom stereocenters. The quantitative estimate of drug-likeness (QED) is 0.885. The number of anilines is 1. The summed E-state index contributed by atoms with van der Waals surface area (Å²) in [5.74, 6) is -0.731. The summed E-state index contributed by atoms with van der Waals surface area (Å²) in [6.07, 6.45) is 0.523. The number of halogens is 2. The van der Waals surface area contributed by atoms with E-state index in [1.807, 2.05) is 6.07 Å². The molecule has 1 amide bonds. The van der Waals surface area contributed by atoms with Crippen molar-refractivity contribution in [3.05, 3.63) is 53.6 Å². The number of carbonyl (C=O) groups excluding carboxylic acids is 1. The molecule has 0 unspecified atom stereocenters. The molecular weight excluding hydrogens is 304 g/mol. The van der Waals surface area contributed by atoms with Crippen LogP contribution in [0.4, 0.5) is 14.5 Å². The zero-order valence-corrected chi connectivity index (χ0v) is 12.9. The van der Waals surface area contributed by atoms with Crippen molar-refractivity contribution in [3.63, 3.8) is 0 Å². The van der Waals surface area contributed by atoms with Crippen molar-refractivity contribution in [3.8, 4) is 11.5 Å². The molecular formula is C17H17F2NO3. The molecule has 0 heterocycles. The fourth-order valence-corrected chi connectivity index (χ4v) is 2.20. The Morgan fingerprint density at radius 3 is 2.57 bits per heavy atom. The van der Waals surface area contributed by atoms with E-state index in [9.17, 15) is 13.6 Å². The molecule has 0 saturated carbocycles. The van der Waals surface area contributed by atoms with Crippen molar-refractivity contribution in [2.75, 3.05) is 19.5 Å². The van der Waals surface area contributed by atoms with Crippen LogP contribution < -0.4 is 14.8 Å². The highest BCUT2D eigenvalue weighted by molar-refractivity contribution is 5.91. The first-order chi connectivity index (χ1) is 11.0. The highest BCUT2D eigenvalue weighted by Crippen LogP contribution is 2.31. The Morgan fingerprint density at radius 1 is 1.13 bits per heavy atom. The van der Waals surface area contributed by atoms with Crippen molar-refractivity contribution in [2.45, 2.75) is 12.8 Å². The third-order valence-corrected chi connectivity index (χ3v) is 3.31. The Kier molecular flexibility index (Phi) is 5.51. The Labute approximate surface area is 133 Å². The normalized spacial score (nSPS) is 10.3. The van der Waals surface area contributed by atoms with Gasteiger partial charge in [0.15, 0.2) is 11.5 Å². The molecule has 0 fully saturated rings. The molecule has 122 valence electrons. The van der Waals surface area contributed by atoms with Gasteiger partial charge in [-0.3, -0.25) is 4.79 Å². The SMILES string of the molecule is COc1cccc(CCC(=O)Nc2ccc(F)cc2F)c1OC. The van der Waals surface area contributed by atoms with Crippen molar-refractivity contribution >= 4 is 11.6 Å². The first-order valence-electron chi connectivity index (χ1n) is 7.00. The minimum atomic E-state index is -0.808. The monoisotopic (exact) mass is 321 g/mol. The summed E-state index contributed by atoms with van der Waals surface area (Å²) < 4.78 is 36.8. The second kappa shape index (κ2) is 7.58. The van der Waals surface area contributed by atoms with E-state index in [2.05, 4.69) is 5.32 Å². The number of amides is 1. The highest BCUT2D eigenvalue weighted by atomic mass is 19.1. The molecule has 0 aliphatic heterocycles. The van der Waals surface area contributed by atoms with Gasteiger partial charge >= 0.3 is 0 Å². The zero-order valence-electron chi connectivity index (χ0n) is 12.9. The number of aryl methyl sites for hydroxylation is 1. The maximum absolute atomic E-state index is 13.5. The summed E-state index contributed by atoms with van der Waals surface area (Å²) in [6, 6.07) is 8.39. The average Bonchev–Trinajstić information content (AvgIpc) is 2.55. The molecule has 23 heavy (non-hydrogen) atoms. The lowest BCUT2D eigenvalue weighted by molar-refractivity contribution is -0.116. The molecule has 0 aliphatic rings. The van der Waals surface area contributed by atoms with Gasteiger partial charge in [0.1, 0.15) is 11.6 Å². The third-order valence-electron chi connectivity index (χ3n) is 3.31. The van der Waals surface area contributed by atoms with E-state index < -0.39 is 11.6 Å². The van der Waals surface area contributed by atoms with Gasteiger partial charge in [-0.2, -0.15) is 0 Å². The molecule has 6 heteroatoms. The van der Waals surface area contributed by atoms with Crippen molar-refractivity contribution in [1.29, 1.82) is 0 Å². The van der Waals surface area contributed by atoms with E-state index in [1.54, 1.807) is 12.1 Å². The van der Waals surface area contributed by atoms with E-state index in [0.29, 0.717) is 17.9 Å². The second-order valence-corrected chi connectivity index (χ2v) is 4.82. The largest absolute Gasteiger partial charge is 0.493 e. The van der Waals surface area contributed by atoms with Crippen LogP contribution in [0.2, 0.25) is 0 Å². The smallest absolute Gasteiger partial charge is 0.224 e. The van der Waals surface area contributed by atoms with Crippen LogP contribution in [0.25, 0.3) is 0 Å². The summed E-state index contributed by atoms with van der Waals surface area (Å²) in [5, 5.41) is 2.42. The molecule has 0 bridgehead atoms. The van der Waals surface area contributed by atoms with Gasteiger partial charge in [-0.05, 0) is 30.2 Å². The second-order valence-electron chi connectivity index (χ2n) is 4.82. The number of methoxy groups -OCH3 is 2. The van der Waals surface area contributed by atoms with Crippen LogP contribution in [-0.4, -0.2) is 20.1 Å². The van der Waals surface area contributed by atoms with Gasteiger partial charge in [0.25, 0.3) is 0 Å². The molecule has 2 aromatic carbocycles. The van der Waals surface area contributed by atoms with Crippen LogP contribution in [-0.2, 0) is 11.2 Å². The molecule has 0 aliphatic carbocycles. The fourth-order valence-electron chi connectivity index (χ4n) is 2.20. The molecule has 0 radical (unpaired) electrons. The lowest BCUT2D eigenvalue weighted by Crippen LogP contribution is -2.13. The summed E-state index contributed by atoms with van der Waals surface area (Å²) in [5.41, 5.74) is 0.760. The van der Waals surface area contributed by atoms with Gasteiger partial charge in [0, 0.05) is 12.5 Å². The summed E-state index contributed by atoms with van der Waals surface area (Å²) in [4.78, 5) is 11.9. The standard InChI is InChI=1S/C17H17F2NO3/c1-22-15-5-3-4-11(17(15)23-2)6-9-16(21)20-14-8-7-12(18)10-13(14)19/h3-5,7-8,10H,6,9H2,1-2H3,(H,20,21). The van der Waals surface area contributed by atoms with E-state index in [4.69, 9.17) is 9.47 Å². The van der Waals surface area contributed by atoms with Crippen molar-refractivity contribution in [2.24, 2.45) is 0 Å². The number of para-hydroxylation sites is 1. The van der Waals surface area contributed by atoms with Crippen LogP contribution in [0.15, 0.2) is 36.4 Å². The lowest BCUT2D eigenvalue weighted by atomic mass is 10.1. The molecule has 0 aromatic heterocycles. The van der Waals surface area contributed by atoms with Crippen LogP contribution in [0.3, 0.4) is 0 Å². The number of nitrogens with one attached hydrogen (secondary N) is 1. The van der Waals surface area contributed by atoms with E-state index in [0.717, 1.165) is 17.7 Å². The minimum absolute atomic E-state index is 0.0472. The Balaban J connectivity index is 2.02. The fraction of sp³-hybridized carbons (Fsp3) is 0.235. The zero-order chi connectivity index (χ0) is 16.8. The topological polar surface area (TPSA) is 47.6 Å². The molecule has 0 spiro atoms. The van der Waals surface area contributed by atoms with Gasteiger partial charge < -0.3 is 14.8 Å². The Bertz CT molecular complexity index is 704. The molecule has 2 aromatic rings. The van der Waals surface area contributed by atoms with Gasteiger partial charge in [-0.25, -0.2) is 8.78 Å². The molecule has 4 nitrogen and oxygen atoms in total. The van der Waals surface area contributed by atoms with Crippen LogP contribution in [0, 0.1) is 11.6 Å². The maximum Gasteiger partial charge on any atom is 0.224 e. The predicted molar refractivity (Wildman–Crippen MR) is 82.9 cm³/mol. The number of hydrogen-bond donors (Lipinski definition) is 1. The molecule has 2 rings (SSSR count). The van der Waals surface area contributed by atoms with Crippen molar-refractivity contribution < 1.29 is 23.0 Å².